The third-order valence-corrected chi connectivity index (χ3v) is 3.15. The summed E-state index contributed by atoms with van der Waals surface area (Å²) in [6.07, 6.45) is 0.408. The summed E-state index contributed by atoms with van der Waals surface area (Å²) in [5, 5.41) is 12.1. The molecule has 0 saturated carbocycles. The molecule has 0 spiro atoms. The minimum Gasteiger partial charge on any atom is -0.360 e. The summed E-state index contributed by atoms with van der Waals surface area (Å²) in [6, 6.07) is 9.17. The summed E-state index contributed by atoms with van der Waals surface area (Å²) >= 11 is 0. The molecule has 1 aromatic carbocycles. The van der Waals surface area contributed by atoms with Crippen molar-refractivity contribution in [1.29, 1.82) is 5.26 Å². The number of rotatable bonds is 2. The molecule has 0 aliphatic carbocycles. The van der Waals surface area contributed by atoms with E-state index in [1.54, 1.807) is 12.1 Å². The lowest BCUT2D eigenvalue weighted by atomic mass is 10.0. The molecular formula is C13H16FN3. The van der Waals surface area contributed by atoms with Crippen molar-refractivity contribution in [2.24, 2.45) is 0 Å². The Morgan fingerprint density at radius 1 is 1.47 bits per heavy atom. The highest BCUT2D eigenvalue weighted by Crippen LogP contribution is 2.26. The highest BCUT2D eigenvalue weighted by Gasteiger charge is 2.29. The molecule has 0 aromatic heterocycles. The monoisotopic (exact) mass is 233 g/mol. The van der Waals surface area contributed by atoms with Gasteiger partial charge >= 0.3 is 0 Å². The number of halogens is 1. The molecule has 0 bridgehead atoms. The van der Waals surface area contributed by atoms with Crippen molar-refractivity contribution >= 4 is 5.69 Å². The molecule has 90 valence electrons. The summed E-state index contributed by atoms with van der Waals surface area (Å²) in [5.41, 5.74) is 0.599. The molecular weight excluding hydrogens is 217 g/mol. The molecule has 1 aliphatic heterocycles. The maximum atomic E-state index is 13.8. The maximum absolute atomic E-state index is 13.8. The Morgan fingerprint density at radius 3 is 2.94 bits per heavy atom. The first-order valence-corrected chi connectivity index (χ1v) is 5.84. The topological polar surface area (TPSA) is 39.1 Å². The average molecular weight is 233 g/mol. The van der Waals surface area contributed by atoms with Gasteiger partial charge in [0.2, 0.25) is 0 Å². The van der Waals surface area contributed by atoms with E-state index in [0.717, 1.165) is 13.1 Å². The highest BCUT2D eigenvalue weighted by molar-refractivity contribution is 5.50. The quantitative estimate of drug-likeness (QED) is 0.848. The largest absolute Gasteiger partial charge is 0.360 e. The van der Waals surface area contributed by atoms with Crippen molar-refractivity contribution in [3.63, 3.8) is 0 Å². The van der Waals surface area contributed by atoms with Crippen molar-refractivity contribution in [3.05, 3.63) is 30.1 Å². The van der Waals surface area contributed by atoms with E-state index in [0.29, 0.717) is 12.1 Å². The molecule has 1 aromatic rings. The van der Waals surface area contributed by atoms with E-state index in [4.69, 9.17) is 5.26 Å². The van der Waals surface area contributed by atoms with Crippen molar-refractivity contribution < 1.29 is 4.39 Å². The Balaban J connectivity index is 2.32. The van der Waals surface area contributed by atoms with Gasteiger partial charge in [0.1, 0.15) is 5.82 Å². The normalized spacial score (nSPS) is 24.4. The van der Waals surface area contributed by atoms with E-state index < -0.39 is 0 Å². The molecule has 2 rings (SSSR count). The van der Waals surface area contributed by atoms with Crippen molar-refractivity contribution in [3.8, 4) is 6.07 Å². The Hall–Kier alpha value is -1.60. The Bertz CT molecular complexity index is 427. The lowest BCUT2D eigenvalue weighted by molar-refractivity contribution is 0.411. The number of piperazine rings is 1. The van der Waals surface area contributed by atoms with Crippen LogP contribution in [0.5, 0.6) is 0 Å². The predicted molar refractivity (Wildman–Crippen MR) is 65.2 cm³/mol. The third kappa shape index (κ3) is 2.40. The highest BCUT2D eigenvalue weighted by atomic mass is 19.1. The van der Waals surface area contributed by atoms with E-state index >= 15 is 0 Å². The van der Waals surface area contributed by atoms with Crippen LogP contribution in [0.3, 0.4) is 0 Å². The number of nitrogens with one attached hydrogen (secondary N) is 1. The molecule has 1 fully saturated rings. The third-order valence-electron chi connectivity index (χ3n) is 3.15. The molecule has 1 N–H and O–H groups in total. The van der Waals surface area contributed by atoms with Crippen LogP contribution in [0.4, 0.5) is 10.1 Å². The van der Waals surface area contributed by atoms with Gasteiger partial charge in [-0.05, 0) is 19.1 Å². The molecule has 4 heteroatoms. The summed E-state index contributed by atoms with van der Waals surface area (Å²) in [6.45, 7) is 3.59. The van der Waals surface area contributed by atoms with Gasteiger partial charge in [-0.2, -0.15) is 5.26 Å². The Labute approximate surface area is 101 Å². The fraction of sp³-hybridized carbons (Fsp3) is 0.462. The second-order valence-electron chi connectivity index (χ2n) is 4.38. The molecule has 17 heavy (non-hydrogen) atoms. The Kier molecular flexibility index (Phi) is 3.60. The number of nitrogens with zero attached hydrogens (tertiary/aromatic N) is 2. The SMILES string of the molecule is CC1CNCC(CC#N)N1c1ccccc1F. The van der Waals surface area contributed by atoms with Crippen LogP contribution in [-0.4, -0.2) is 25.2 Å². The fourth-order valence-corrected chi connectivity index (χ4v) is 2.39. The van der Waals surface area contributed by atoms with Crippen LogP contribution < -0.4 is 10.2 Å². The molecule has 2 atom stereocenters. The molecule has 1 aliphatic rings. The van der Waals surface area contributed by atoms with Gasteiger partial charge in [0, 0.05) is 19.1 Å². The first kappa shape index (κ1) is 11.9. The van der Waals surface area contributed by atoms with Crippen LogP contribution in [-0.2, 0) is 0 Å². The Morgan fingerprint density at radius 2 is 2.24 bits per heavy atom. The molecule has 1 saturated heterocycles. The number of para-hydroxylation sites is 1. The molecule has 0 radical (unpaired) electrons. The van der Waals surface area contributed by atoms with Gasteiger partial charge in [0.05, 0.1) is 24.2 Å². The van der Waals surface area contributed by atoms with Crippen molar-refractivity contribution in [2.75, 3.05) is 18.0 Å². The first-order chi connectivity index (χ1) is 8.24. The maximum Gasteiger partial charge on any atom is 0.146 e. The van der Waals surface area contributed by atoms with E-state index in [-0.39, 0.29) is 17.9 Å². The number of hydrogen-bond donors (Lipinski definition) is 1. The minimum absolute atomic E-state index is 0.0423. The van der Waals surface area contributed by atoms with Gasteiger partial charge in [-0.3, -0.25) is 0 Å². The summed E-state index contributed by atoms with van der Waals surface area (Å²) in [7, 11) is 0. The first-order valence-electron chi connectivity index (χ1n) is 5.84. The van der Waals surface area contributed by atoms with Gasteiger partial charge in [0.25, 0.3) is 0 Å². The zero-order chi connectivity index (χ0) is 12.3. The van der Waals surface area contributed by atoms with Gasteiger partial charge in [-0.1, -0.05) is 12.1 Å². The van der Waals surface area contributed by atoms with E-state index in [1.165, 1.54) is 6.07 Å². The number of hydrogen-bond acceptors (Lipinski definition) is 3. The summed E-state index contributed by atoms with van der Waals surface area (Å²) < 4.78 is 13.8. The summed E-state index contributed by atoms with van der Waals surface area (Å²) in [5.74, 6) is -0.218. The van der Waals surface area contributed by atoms with Crippen molar-refractivity contribution in [2.45, 2.75) is 25.4 Å². The van der Waals surface area contributed by atoms with Gasteiger partial charge in [0.15, 0.2) is 0 Å². The number of anilines is 1. The van der Waals surface area contributed by atoms with E-state index in [1.807, 2.05) is 17.9 Å². The second-order valence-corrected chi connectivity index (χ2v) is 4.38. The van der Waals surface area contributed by atoms with E-state index in [2.05, 4.69) is 11.4 Å². The van der Waals surface area contributed by atoms with Crippen molar-refractivity contribution in [1.82, 2.24) is 5.32 Å². The van der Waals surface area contributed by atoms with Gasteiger partial charge in [-0.25, -0.2) is 4.39 Å². The molecule has 2 unspecified atom stereocenters. The molecule has 3 nitrogen and oxygen atoms in total. The standard InChI is InChI=1S/C13H16FN3/c1-10-8-16-9-11(6-7-15)17(10)13-5-3-2-4-12(13)14/h2-5,10-11,16H,6,8-9H2,1H3. The van der Waals surface area contributed by atoms with Crippen LogP contribution in [0.1, 0.15) is 13.3 Å². The van der Waals surface area contributed by atoms with Gasteiger partial charge in [-0.15, -0.1) is 0 Å². The van der Waals surface area contributed by atoms with Gasteiger partial charge < -0.3 is 10.2 Å². The zero-order valence-corrected chi connectivity index (χ0v) is 9.86. The molecule has 0 amide bonds. The zero-order valence-electron chi connectivity index (χ0n) is 9.86. The van der Waals surface area contributed by atoms with Crippen LogP contribution in [0.15, 0.2) is 24.3 Å². The van der Waals surface area contributed by atoms with Crippen LogP contribution in [0.25, 0.3) is 0 Å². The second kappa shape index (κ2) is 5.15. The smallest absolute Gasteiger partial charge is 0.146 e. The van der Waals surface area contributed by atoms with E-state index in [9.17, 15) is 4.39 Å². The average Bonchev–Trinajstić information content (AvgIpc) is 2.31. The summed E-state index contributed by atoms with van der Waals surface area (Å²) in [4.78, 5) is 2.02. The number of nitriles is 1. The van der Waals surface area contributed by atoms with Crippen LogP contribution in [0.2, 0.25) is 0 Å². The minimum atomic E-state index is -0.218. The van der Waals surface area contributed by atoms with Crippen LogP contribution >= 0.6 is 0 Å². The number of benzene rings is 1. The lowest BCUT2D eigenvalue weighted by Crippen LogP contribution is -2.56. The fourth-order valence-electron chi connectivity index (χ4n) is 2.39. The lowest BCUT2D eigenvalue weighted by Gasteiger charge is -2.42. The predicted octanol–water partition coefficient (Wildman–Crippen LogP) is 1.91. The molecule has 1 heterocycles. The van der Waals surface area contributed by atoms with Crippen LogP contribution in [0, 0.1) is 17.1 Å².